The molecule has 2 fully saturated rings. The van der Waals surface area contributed by atoms with Crippen molar-refractivity contribution in [3.05, 3.63) is 82.7 Å². The van der Waals surface area contributed by atoms with Gasteiger partial charge in [0.1, 0.15) is 35.1 Å². The number of hydrogen-bond donors (Lipinski definition) is 4. The van der Waals surface area contributed by atoms with Crippen molar-refractivity contribution in [1.82, 2.24) is 25.8 Å². The first-order valence-corrected chi connectivity index (χ1v) is 18.7. The highest BCUT2D eigenvalue weighted by atomic mass is 19.1. The zero-order valence-electron chi connectivity index (χ0n) is 31.3. The van der Waals surface area contributed by atoms with Crippen LogP contribution in [0.3, 0.4) is 0 Å². The van der Waals surface area contributed by atoms with E-state index in [1.54, 1.807) is 45.0 Å². The van der Waals surface area contributed by atoms with Crippen LogP contribution in [0.2, 0.25) is 0 Å². The predicted molar refractivity (Wildman–Crippen MR) is 196 cm³/mol. The van der Waals surface area contributed by atoms with Crippen LogP contribution in [0, 0.1) is 11.7 Å². The van der Waals surface area contributed by atoms with Crippen molar-refractivity contribution in [1.29, 1.82) is 0 Å². The molecule has 3 aliphatic heterocycles. The maximum atomic E-state index is 14.5. The third-order valence-corrected chi connectivity index (χ3v) is 10.4. The van der Waals surface area contributed by atoms with Crippen LogP contribution in [0.1, 0.15) is 92.8 Å². The molecule has 294 valence electrons. The number of halogens is 1. The normalized spacial score (nSPS) is 25.9. The minimum atomic E-state index is -1.35. The Morgan fingerprint density at radius 1 is 1.05 bits per heavy atom. The maximum absolute atomic E-state index is 14.5. The van der Waals surface area contributed by atoms with Crippen molar-refractivity contribution in [2.24, 2.45) is 5.92 Å². The van der Waals surface area contributed by atoms with Gasteiger partial charge >= 0.3 is 18.2 Å². The lowest BCUT2D eigenvalue weighted by atomic mass is 10.0. The van der Waals surface area contributed by atoms with Crippen LogP contribution < -0.4 is 16.0 Å². The van der Waals surface area contributed by atoms with Crippen molar-refractivity contribution >= 4 is 35.9 Å². The molecule has 14 nitrogen and oxygen atoms in total. The third kappa shape index (κ3) is 9.26. The molecule has 6 rings (SSSR count). The van der Waals surface area contributed by atoms with E-state index in [4.69, 9.17) is 9.47 Å². The number of nitrogens with zero attached hydrogens (tertiary/aromatic N) is 2. The summed E-state index contributed by atoms with van der Waals surface area (Å²) >= 11 is 0. The number of ether oxygens (including phenoxy) is 2. The van der Waals surface area contributed by atoms with Crippen LogP contribution in [0.5, 0.6) is 0 Å². The van der Waals surface area contributed by atoms with Gasteiger partial charge in [-0.1, -0.05) is 49.3 Å². The summed E-state index contributed by atoms with van der Waals surface area (Å²) in [4.78, 5) is 83.1. The van der Waals surface area contributed by atoms with Crippen molar-refractivity contribution in [2.45, 2.75) is 115 Å². The van der Waals surface area contributed by atoms with Gasteiger partial charge in [-0.2, -0.15) is 0 Å². The fourth-order valence-corrected chi connectivity index (χ4v) is 7.50. The summed E-state index contributed by atoms with van der Waals surface area (Å²) in [6.07, 6.45) is 4.76. The molecule has 3 heterocycles. The summed E-state index contributed by atoms with van der Waals surface area (Å²) in [5, 5.41) is 17.9. The Bertz CT molecular complexity index is 1880. The van der Waals surface area contributed by atoms with Gasteiger partial charge in [0.05, 0.1) is 18.7 Å². The fraction of sp³-hybridized carbons (Fsp3) is 0.500. The number of carboxylic acid groups (broad SMARTS) is 1. The first kappa shape index (κ1) is 39.2. The van der Waals surface area contributed by atoms with Gasteiger partial charge in [-0.3, -0.25) is 19.3 Å². The van der Waals surface area contributed by atoms with Gasteiger partial charge in [0.2, 0.25) is 17.7 Å². The number of aromatic carboxylic acids is 1. The molecule has 2 aromatic rings. The Kier molecular flexibility index (Phi) is 11.5. The molecule has 0 aromatic heterocycles. The highest BCUT2D eigenvalue weighted by molar-refractivity contribution is 5.98. The quantitative estimate of drug-likeness (QED) is 0.307. The largest absolute Gasteiger partial charge is 0.478 e. The highest BCUT2D eigenvalue weighted by Crippen LogP contribution is 2.45. The van der Waals surface area contributed by atoms with E-state index in [1.807, 2.05) is 12.2 Å². The number of nitrogens with one attached hydrogen (secondary N) is 3. The molecule has 2 aromatic carbocycles. The van der Waals surface area contributed by atoms with Crippen LogP contribution in [0.4, 0.5) is 14.0 Å². The van der Waals surface area contributed by atoms with Crippen molar-refractivity contribution in [3.63, 3.8) is 0 Å². The lowest BCUT2D eigenvalue weighted by molar-refractivity contribution is -0.141. The van der Waals surface area contributed by atoms with E-state index in [0.29, 0.717) is 36.0 Å². The van der Waals surface area contributed by atoms with Crippen LogP contribution in [0.25, 0.3) is 0 Å². The SMILES string of the molecule is CC(C)(C)OC(=O)N[C@H]1CCCCC/C=C\[C@@H]2C[C@@]2(C(=O)NCc2cccc(C(=O)O)c2)NC(=O)[C@@H]2C[C@@H](OC(=O)N3Cc4cccc(F)c4C3)CN2C1=O. The van der Waals surface area contributed by atoms with Crippen LogP contribution in [-0.2, 0) is 43.5 Å². The number of hydrogen-bond acceptors (Lipinski definition) is 8. The Labute approximate surface area is 318 Å². The number of fused-ring (bicyclic) bond motifs is 3. The van der Waals surface area contributed by atoms with Gasteiger partial charge < -0.3 is 35.4 Å². The molecule has 1 aliphatic carbocycles. The highest BCUT2D eigenvalue weighted by Gasteiger charge is 2.61. The van der Waals surface area contributed by atoms with Crippen LogP contribution in [-0.4, -0.2) is 86.7 Å². The second kappa shape index (κ2) is 16.1. The molecule has 4 N–H and O–H groups in total. The van der Waals surface area contributed by atoms with Gasteiger partial charge in [0, 0.05) is 31.0 Å². The minimum Gasteiger partial charge on any atom is -0.478 e. The number of amides is 5. The summed E-state index contributed by atoms with van der Waals surface area (Å²) < 4.78 is 25.8. The lowest BCUT2D eigenvalue weighted by Gasteiger charge is -2.30. The number of carbonyl (C=O) groups excluding carboxylic acids is 5. The molecular formula is C40H48FN5O9. The van der Waals surface area contributed by atoms with Gasteiger partial charge in [0.25, 0.3) is 0 Å². The molecule has 0 radical (unpaired) electrons. The fourth-order valence-electron chi connectivity index (χ4n) is 7.50. The Morgan fingerprint density at radius 3 is 2.58 bits per heavy atom. The second-order valence-electron chi connectivity index (χ2n) is 15.7. The average molecular weight is 762 g/mol. The average Bonchev–Trinajstić information content (AvgIpc) is 3.42. The van der Waals surface area contributed by atoms with E-state index in [2.05, 4.69) is 16.0 Å². The minimum absolute atomic E-state index is 0.00907. The van der Waals surface area contributed by atoms with Crippen LogP contribution >= 0.6 is 0 Å². The number of allylic oxidation sites excluding steroid dienone is 1. The third-order valence-electron chi connectivity index (χ3n) is 10.4. The molecule has 5 atom stereocenters. The van der Waals surface area contributed by atoms with Gasteiger partial charge in [-0.05, 0) is 75.8 Å². The van der Waals surface area contributed by atoms with Gasteiger partial charge in [-0.25, -0.2) is 18.8 Å². The van der Waals surface area contributed by atoms with Crippen molar-refractivity contribution in [2.75, 3.05) is 6.54 Å². The topological polar surface area (TPSA) is 184 Å². The number of carboxylic acids is 1. The summed E-state index contributed by atoms with van der Waals surface area (Å²) in [5.41, 5.74) is -0.488. The Hall–Kier alpha value is -5.47. The van der Waals surface area contributed by atoms with E-state index < -0.39 is 71.0 Å². The summed E-state index contributed by atoms with van der Waals surface area (Å²) in [7, 11) is 0. The summed E-state index contributed by atoms with van der Waals surface area (Å²) in [6.45, 7) is 5.12. The van der Waals surface area contributed by atoms with Gasteiger partial charge in [0.15, 0.2) is 0 Å². The number of benzene rings is 2. The zero-order chi connectivity index (χ0) is 39.5. The first-order chi connectivity index (χ1) is 26.1. The molecular weight excluding hydrogens is 713 g/mol. The molecule has 1 saturated heterocycles. The summed E-state index contributed by atoms with van der Waals surface area (Å²) in [6, 6.07) is 8.58. The molecule has 4 aliphatic rings. The predicted octanol–water partition coefficient (Wildman–Crippen LogP) is 4.55. The monoisotopic (exact) mass is 761 g/mol. The number of carbonyl (C=O) groups is 6. The standard InChI is InChI=1S/C40H48FN5O9/c1-39(2,3)55-37(52)43-31-16-8-6-4-5-7-14-27-19-40(27,36(51)42-20-24-11-9-12-25(17-24)35(49)50)44-33(47)32-18-28(22-46(32)34(31)48)54-38(53)45-21-26-13-10-15-30(41)29(26)23-45/h7,9-15,17,27-28,31-32H,4-6,8,16,18-23H2,1-3H3,(H,42,51)(H,43,52)(H,44,47)(H,49,50)/b14-7-/t27-,28-,31+,32+,40-/m1/s1. The zero-order valence-corrected chi connectivity index (χ0v) is 31.3. The van der Waals surface area contributed by atoms with E-state index in [1.165, 1.54) is 28.0 Å². The maximum Gasteiger partial charge on any atom is 0.410 e. The van der Waals surface area contributed by atoms with E-state index in [9.17, 15) is 38.3 Å². The molecule has 5 amide bonds. The molecule has 15 heteroatoms. The van der Waals surface area contributed by atoms with Crippen molar-refractivity contribution in [3.8, 4) is 0 Å². The van der Waals surface area contributed by atoms with Crippen molar-refractivity contribution < 1.29 is 47.7 Å². The summed E-state index contributed by atoms with van der Waals surface area (Å²) in [5.74, 6) is -3.53. The number of alkyl carbamates (subject to hydrolysis) is 1. The van der Waals surface area contributed by atoms with Crippen LogP contribution in [0.15, 0.2) is 54.6 Å². The lowest BCUT2D eigenvalue weighted by Crippen LogP contribution is -2.57. The smallest absolute Gasteiger partial charge is 0.410 e. The molecule has 1 saturated carbocycles. The first-order valence-electron chi connectivity index (χ1n) is 18.7. The molecule has 0 unspecified atom stereocenters. The molecule has 0 bridgehead atoms. The Balaban J connectivity index is 1.24. The van der Waals surface area contributed by atoms with Gasteiger partial charge in [-0.15, -0.1) is 0 Å². The number of rotatable bonds is 6. The molecule has 0 spiro atoms. The second-order valence-corrected chi connectivity index (χ2v) is 15.7. The van der Waals surface area contributed by atoms with E-state index >= 15 is 0 Å². The van der Waals surface area contributed by atoms with E-state index in [0.717, 1.165) is 12.8 Å². The molecule has 55 heavy (non-hydrogen) atoms. The Morgan fingerprint density at radius 2 is 1.84 bits per heavy atom. The van der Waals surface area contributed by atoms with E-state index in [-0.39, 0.29) is 50.5 Å².